The molecule has 0 unspecified atom stereocenters. The van der Waals surface area contributed by atoms with Gasteiger partial charge in [0, 0.05) is 32.7 Å². The first-order valence-electron chi connectivity index (χ1n) is 6.17. The van der Waals surface area contributed by atoms with E-state index in [0.717, 1.165) is 0 Å². The van der Waals surface area contributed by atoms with Crippen molar-refractivity contribution in [2.24, 2.45) is 0 Å². The average Bonchev–Trinajstić information content (AvgIpc) is 2.15. The molecular weight excluding hydrogens is 240 g/mol. The SMILES string of the molecule is CCCS(=O)(=O)N1CCN(CC(C)(C)O)CC1. The first-order chi connectivity index (χ1) is 7.74. The quantitative estimate of drug-likeness (QED) is 0.766. The van der Waals surface area contributed by atoms with Gasteiger partial charge in [-0.25, -0.2) is 8.42 Å². The van der Waals surface area contributed by atoms with Crippen LogP contribution in [-0.4, -0.2) is 66.8 Å². The van der Waals surface area contributed by atoms with E-state index in [1.807, 2.05) is 6.92 Å². The van der Waals surface area contributed by atoms with Crippen LogP contribution in [0.5, 0.6) is 0 Å². The molecule has 0 atom stereocenters. The fourth-order valence-corrected chi connectivity index (χ4v) is 3.59. The van der Waals surface area contributed by atoms with Crippen molar-refractivity contribution in [2.45, 2.75) is 32.8 Å². The summed E-state index contributed by atoms with van der Waals surface area (Å²) in [7, 11) is -3.06. The monoisotopic (exact) mass is 264 g/mol. The second kappa shape index (κ2) is 5.65. The zero-order valence-corrected chi connectivity index (χ0v) is 11.8. The first kappa shape index (κ1) is 14.9. The van der Waals surface area contributed by atoms with Crippen LogP contribution >= 0.6 is 0 Å². The van der Waals surface area contributed by atoms with Gasteiger partial charge in [0.25, 0.3) is 0 Å². The largest absolute Gasteiger partial charge is 0.389 e. The van der Waals surface area contributed by atoms with Gasteiger partial charge in [-0.3, -0.25) is 4.90 Å². The molecule has 0 aromatic heterocycles. The molecule has 0 radical (unpaired) electrons. The maximum Gasteiger partial charge on any atom is 0.214 e. The van der Waals surface area contributed by atoms with Crippen molar-refractivity contribution in [3.05, 3.63) is 0 Å². The van der Waals surface area contributed by atoms with Crippen LogP contribution in [0.4, 0.5) is 0 Å². The number of hydrogen-bond donors (Lipinski definition) is 1. The van der Waals surface area contributed by atoms with Crippen molar-refractivity contribution in [3.8, 4) is 0 Å². The normalized spacial score (nSPS) is 20.7. The number of hydrogen-bond acceptors (Lipinski definition) is 4. The summed E-state index contributed by atoms with van der Waals surface area (Å²) in [6.45, 7) is 8.49. The van der Waals surface area contributed by atoms with Crippen LogP contribution in [0.15, 0.2) is 0 Å². The van der Waals surface area contributed by atoms with Crippen molar-refractivity contribution in [3.63, 3.8) is 0 Å². The zero-order chi connectivity index (χ0) is 13.1. The van der Waals surface area contributed by atoms with Crippen molar-refractivity contribution in [1.82, 2.24) is 9.21 Å². The number of aliphatic hydroxyl groups is 1. The Kier molecular flexibility index (Phi) is 4.95. The summed E-state index contributed by atoms with van der Waals surface area (Å²) in [6.07, 6.45) is 0.659. The zero-order valence-electron chi connectivity index (χ0n) is 11.0. The molecule has 0 aliphatic carbocycles. The molecule has 0 aromatic carbocycles. The van der Waals surface area contributed by atoms with E-state index in [4.69, 9.17) is 0 Å². The number of β-amino-alcohol motifs (C(OH)–C–C–N with tert-alkyl or cyclic N) is 1. The molecule has 1 N–H and O–H groups in total. The predicted molar refractivity (Wildman–Crippen MR) is 68.4 cm³/mol. The molecule has 1 aliphatic rings. The van der Waals surface area contributed by atoms with Crippen LogP contribution in [-0.2, 0) is 10.0 Å². The molecule has 1 fully saturated rings. The molecule has 0 spiro atoms. The van der Waals surface area contributed by atoms with E-state index in [1.54, 1.807) is 18.2 Å². The summed E-state index contributed by atoms with van der Waals surface area (Å²) < 4.78 is 25.2. The standard InChI is InChI=1S/C11H24N2O3S/c1-4-9-17(15,16)13-7-5-12(6-8-13)10-11(2,3)14/h14H,4-10H2,1-3H3. The Labute approximate surface area is 104 Å². The summed E-state index contributed by atoms with van der Waals surface area (Å²) in [5, 5.41) is 9.71. The predicted octanol–water partition coefficient (Wildman–Crippen LogP) is 0.115. The molecule has 0 aromatic rings. The van der Waals surface area contributed by atoms with Crippen LogP contribution in [0.1, 0.15) is 27.2 Å². The highest BCUT2D eigenvalue weighted by Crippen LogP contribution is 2.12. The maximum atomic E-state index is 11.8. The Bertz CT molecular complexity index is 327. The lowest BCUT2D eigenvalue weighted by atomic mass is 10.1. The molecule has 1 aliphatic heterocycles. The van der Waals surface area contributed by atoms with Gasteiger partial charge in [0.15, 0.2) is 0 Å². The molecular formula is C11H24N2O3S. The number of nitrogens with zero attached hydrogens (tertiary/aromatic N) is 2. The minimum atomic E-state index is -3.06. The first-order valence-corrected chi connectivity index (χ1v) is 7.78. The van der Waals surface area contributed by atoms with Crippen LogP contribution in [0.3, 0.4) is 0 Å². The number of sulfonamides is 1. The van der Waals surface area contributed by atoms with E-state index in [9.17, 15) is 13.5 Å². The second-order valence-corrected chi connectivity index (χ2v) is 7.39. The third-order valence-electron chi connectivity index (χ3n) is 2.80. The molecule has 0 bridgehead atoms. The molecule has 6 heteroatoms. The molecule has 5 nitrogen and oxygen atoms in total. The van der Waals surface area contributed by atoms with Gasteiger partial charge in [0.2, 0.25) is 10.0 Å². The third-order valence-corrected chi connectivity index (χ3v) is 4.87. The fraction of sp³-hybridized carbons (Fsp3) is 1.00. The molecule has 1 rings (SSSR count). The summed E-state index contributed by atoms with van der Waals surface area (Å²) in [4.78, 5) is 2.11. The highest BCUT2D eigenvalue weighted by Gasteiger charge is 2.28. The lowest BCUT2D eigenvalue weighted by molar-refractivity contribution is 0.0263. The van der Waals surface area contributed by atoms with Crippen LogP contribution < -0.4 is 0 Å². The molecule has 102 valence electrons. The van der Waals surface area contributed by atoms with Gasteiger partial charge in [0.1, 0.15) is 0 Å². The lowest BCUT2D eigenvalue weighted by Crippen LogP contribution is -2.52. The molecule has 0 saturated carbocycles. The van der Waals surface area contributed by atoms with Crippen molar-refractivity contribution < 1.29 is 13.5 Å². The van der Waals surface area contributed by atoms with Crippen LogP contribution in [0.2, 0.25) is 0 Å². The Hall–Kier alpha value is -0.170. The van der Waals surface area contributed by atoms with Gasteiger partial charge in [-0.05, 0) is 20.3 Å². The molecule has 1 saturated heterocycles. The van der Waals surface area contributed by atoms with E-state index in [0.29, 0.717) is 39.1 Å². The molecule has 0 amide bonds. The highest BCUT2D eigenvalue weighted by molar-refractivity contribution is 7.89. The highest BCUT2D eigenvalue weighted by atomic mass is 32.2. The van der Waals surface area contributed by atoms with Crippen LogP contribution in [0, 0.1) is 0 Å². The van der Waals surface area contributed by atoms with Gasteiger partial charge >= 0.3 is 0 Å². The summed E-state index contributed by atoms with van der Waals surface area (Å²) in [5.41, 5.74) is -0.718. The summed E-state index contributed by atoms with van der Waals surface area (Å²) >= 11 is 0. The van der Waals surface area contributed by atoms with Gasteiger partial charge in [-0.15, -0.1) is 0 Å². The minimum Gasteiger partial charge on any atom is -0.389 e. The number of rotatable bonds is 5. The smallest absolute Gasteiger partial charge is 0.214 e. The van der Waals surface area contributed by atoms with E-state index in [2.05, 4.69) is 4.90 Å². The van der Waals surface area contributed by atoms with E-state index in [1.165, 1.54) is 0 Å². The summed E-state index contributed by atoms with van der Waals surface area (Å²) in [6, 6.07) is 0. The van der Waals surface area contributed by atoms with Crippen molar-refractivity contribution in [1.29, 1.82) is 0 Å². The van der Waals surface area contributed by atoms with Gasteiger partial charge in [-0.1, -0.05) is 6.92 Å². The fourth-order valence-electron chi connectivity index (χ4n) is 2.10. The minimum absolute atomic E-state index is 0.235. The van der Waals surface area contributed by atoms with E-state index >= 15 is 0 Å². The Morgan fingerprint density at radius 2 is 1.71 bits per heavy atom. The van der Waals surface area contributed by atoms with Crippen molar-refractivity contribution in [2.75, 3.05) is 38.5 Å². The van der Waals surface area contributed by atoms with Crippen LogP contribution in [0.25, 0.3) is 0 Å². The maximum absolute atomic E-state index is 11.8. The number of piperazine rings is 1. The average molecular weight is 264 g/mol. The van der Waals surface area contributed by atoms with Gasteiger partial charge < -0.3 is 5.11 Å². The van der Waals surface area contributed by atoms with E-state index in [-0.39, 0.29) is 5.75 Å². The van der Waals surface area contributed by atoms with Crippen molar-refractivity contribution >= 4 is 10.0 Å². The van der Waals surface area contributed by atoms with Gasteiger partial charge in [0.05, 0.1) is 11.4 Å². The topological polar surface area (TPSA) is 60.9 Å². The summed E-state index contributed by atoms with van der Waals surface area (Å²) in [5.74, 6) is 0.235. The Morgan fingerprint density at radius 3 is 2.12 bits per heavy atom. The molecule has 17 heavy (non-hydrogen) atoms. The molecule has 1 heterocycles. The van der Waals surface area contributed by atoms with Gasteiger partial charge in [-0.2, -0.15) is 4.31 Å². The lowest BCUT2D eigenvalue weighted by Gasteiger charge is -2.36. The van der Waals surface area contributed by atoms with E-state index < -0.39 is 15.6 Å². The Balaban J connectivity index is 2.46. The second-order valence-electron chi connectivity index (χ2n) is 5.30. The third kappa shape index (κ3) is 4.91. The Morgan fingerprint density at radius 1 is 1.18 bits per heavy atom.